The van der Waals surface area contributed by atoms with Crippen LogP contribution in [0.4, 0.5) is 5.13 Å². The molecule has 0 aliphatic heterocycles. The maximum absolute atomic E-state index is 12.1. The lowest BCUT2D eigenvalue weighted by molar-refractivity contribution is -0.142. The van der Waals surface area contributed by atoms with E-state index in [0.717, 1.165) is 36.9 Å². The number of thioether (sulfide) groups is 1. The van der Waals surface area contributed by atoms with Crippen molar-refractivity contribution < 1.29 is 14.3 Å². The van der Waals surface area contributed by atoms with E-state index in [2.05, 4.69) is 20.3 Å². The van der Waals surface area contributed by atoms with E-state index in [1.807, 2.05) is 0 Å². The quantitative estimate of drug-likeness (QED) is 0.409. The molecule has 0 bridgehead atoms. The summed E-state index contributed by atoms with van der Waals surface area (Å²) in [4.78, 5) is 47.1. The topological polar surface area (TPSA) is 114 Å². The average molecular weight is 409 g/mol. The Bertz CT molecular complexity index is 893. The van der Waals surface area contributed by atoms with Crippen LogP contribution in [-0.2, 0) is 33.6 Å². The number of fused-ring (bicyclic) bond motifs is 1. The van der Waals surface area contributed by atoms with E-state index in [1.54, 1.807) is 12.3 Å². The van der Waals surface area contributed by atoms with Crippen molar-refractivity contribution in [2.24, 2.45) is 0 Å². The number of nitrogens with zero attached hydrogens (tertiary/aromatic N) is 2. The number of thiazole rings is 1. The number of nitrogens with one attached hydrogen (secondary N) is 2. The van der Waals surface area contributed by atoms with Crippen LogP contribution in [0.5, 0.6) is 0 Å². The van der Waals surface area contributed by atoms with Crippen molar-refractivity contribution in [2.75, 3.05) is 17.7 Å². The molecule has 2 heterocycles. The lowest BCUT2D eigenvalue weighted by Crippen LogP contribution is -2.22. The fourth-order valence-corrected chi connectivity index (χ4v) is 4.15. The smallest absolute Gasteiger partial charge is 0.311 e. The number of rotatable bonds is 7. The van der Waals surface area contributed by atoms with Gasteiger partial charge in [0.25, 0.3) is 5.56 Å². The summed E-state index contributed by atoms with van der Waals surface area (Å²) in [5.41, 5.74) is 2.07. The molecule has 1 amide bonds. The second-order valence-corrected chi connectivity index (χ2v) is 7.79. The van der Waals surface area contributed by atoms with E-state index in [9.17, 15) is 14.4 Å². The summed E-state index contributed by atoms with van der Waals surface area (Å²) in [7, 11) is 0. The molecule has 0 radical (unpaired) electrons. The van der Waals surface area contributed by atoms with Gasteiger partial charge < -0.3 is 15.0 Å². The first-order chi connectivity index (χ1) is 13.0. The van der Waals surface area contributed by atoms with Gasteiger partial charge >= 0.3 is 5.97 Å². The second kappa shape index (κ2) is 9.14. The van der Waals surface area contributed by atoms with Crippen molar-refractivity contribution in [1.29, 1.82) is 0 Å². The molecule has 0 unspecified atom stereocenters. The summed E-state index contributed by atoms with van der Waals surface area (Å²) in [5.74, 6) is -0.495. The Hall–Kier alpha value is -2.20. The van der Waals surface area contributed by atoms with Crippen LogP contribution in [0.15, 0.2) is 15.3 Å². The van der Waals surface area contributed by atoms with Crippen molar-refractivity contribution >= 4 is 40.1 Å². The fraction of sp³-hybridized carbons (Fsp3) is 0.471. The molecule has 0 atom stereocenters. The van der Waals surface area contributed by atoms with Gasteiger partial charge in [-0.25, -0.2) is 9.97 Å². The molecule has 0 aromatic carbocycles. The van der Waals surface area contributed by atoms with Crippen molar-refractivity contribution in [1.82, 2.24) is 15.0 Å². The Morgan fingerprint density at radius 3 is 2.96 bits per heavy atom. The van der Waals surface area contributed by atoms with Crippen molar-refractivity contribution in [3.05, 3.63) is 32.7 Å². The van der Waals surface area contributed by atoms with Crippen LogP contribution in [0.1, 0.15) is 36.7 Å². The zero-order valence-electron chi connectivity index (χ0n) is 14.9. The van der Waals surface area contributed by atoms with Crippen LogP contribution < -0.4 is 10.9 Å². The number of carbonyl (C=O) groups is 2. The Labute approximate surface area is 164 Å². The Morgan fingerprint density at radius 1 is 1.33 bits per heavy atom. The van der Waals surface area contributed by atoms with Gasteiger partial charge in [0, 0.05) is 10.9 Å². The number of anilines is 1. The highest BCUT2D eigenvalue weighted by molar-refractivity contribution is 7.99. The van der Waals surface area contributed by atoms with Crippen LogP contribution in [0.25, 0.3) is 0 Å². The van der Waals surface area contributed by atoms with Crippen LogP contribution in [0.2, 0.25) is 0 Å². The van der Waals surface area contributed by atoms with Crippen LogP contribution >= 0.6 is 23.1 Å². The minimum absolute atomic E-state index is 0.0786. The molecule has 10 heteroatoms. The number of aryl methyl sites for hydroxylation is 1. The minimum Gasteiger partial charge on any atom is -0.466 e. The predicted octanol–water partition coefficient (Wildman–Crippen LogP) is 1.94. The van der Waals surface area contributed by atoms with E-state index in [1.165, 1.54) is 23.1 Å². The molecular formula is C17H20N4O4S2. The van der Waals surface area contributed by atoms with E-state index >= 15 is 0 Å². The molecule has 0 saturated heterocycles. The van der Waals surface area contributed by atoms with Crippen LogP contribution in [0, 0.1) is 0 Å². The van der Waals surface area contributed by atoms with Gasteiger partial charge in [0.1, 0.15) is 0 Å². The monoisotopic (exact) mass is 408 g/mol. The summed E-state index contributed by atoms with van der Waals surface area (Å²) in [5, 5.41) is 5.28. The summed E-state index contributed by atoms with van der Waals surface area (Å²) in [6.07, 6.45) is 3.70. The van der Waals surface area contributed by atoms with Gasteiger partial charge in [0.05, 0.1) is 30.2 Å². The SMILES string of the molecule is CCOC(=O)Cc1csc(NC(=O)CSc2nc3c(c(=O)[nH]2)CCCC3)n1. The van der Waals surface area contributed by atoms with Gasteiger partial charge in [-0.05, 0) is 32.6 Å². The lowest BCUT2D eigenvalue weighted by atomic mass is 9.97. The highest BCUT2D eigenvalue weighted by Crippen LogP contribution is 2.20. The van der Waals surface area contributed by atoms with E-state index in [0.29, 0.717) is 22.6 Å². The highest BCUT2D eigenvalue weighted by Gasteiger charge is 2.16. The van der Waals surface area contributed by atoms with Gasteiger partial charge in [0.2, 0.25) is 5.91 Å². The molecule has 2 aromatic heterocycles. The van der Waals surface area contributed by atoms with Crippen LogP contribution in [0.3, 0.4) is 0 Å². The lowest BCUT2D eigenvalue weighted by Gasteiger charge is -2.14. The summed E-state index contributed by atoms with van der Waals surface area (Å²) < 4.78 is 4.87. The third kappa shape index (κ3) is 5.39. The summed E-state index contributed by atoms with van der Waals surface area (Å²) in [6.45, 7) is 2.06. The average Bonchev–Trinajstić information content (AvgIpc) is 3.07. The number of esters is 1. The zero-order valence-corrected chi connectivity index (χ0v) is 16.5. The first kappa shape index (κ1) is 19.6. The maximum atomic E-state index is 12.1. The third-order valence-electron chi connectivity index (χ3n) is 3.94. The Balaban J connectivity index is 1.53. The third-order valence-corrected chi connectivity index (χ3v) is 5.62. The largest absolute Gasteiger partial charge is 0.466 e. The number of carbonyl (C=O) groups excluding carboxylic acids is 2. The number of H-pyrrole nitrogens is 1. The maximum Gasteiger partial charge on any atom is 0.311 e. The number of ether oxygens (including phenoxy) is 1. The van der Waals surface area contributed by atoms with E-state index in [4.69, 9.17) is 4.74 Å². The number of hydrogen-bond donors (Lipinski definition) is 2. The Morgan fingerprint density at radius 2 is 2.15 bits per heavy atom. The molecule has 0 spiro atoms. The molecule has 2 aromatic rings. The minimum atomic E-state index is -0.348. The first-order valence-electron chi connectivity index (χ1n) is 8.70. The summed E-state index contributed by atoms with van der Waals surface area (Å²) >= 11 is 2.43. The molecular weight excluding hydrogens is 388 g/mol. The number of aromatic amines is 1. The first-order valence-corrected chi connectivity index (χ1v) is 10.6. The zero-order chi connectivity index (χ0) is 19.2. The van der Waals surface area contributed by atoms with Gasteiger partial charge in [0.15, 0.2) is 10.3 Å². The van der Waals surface area contributed by atoms with Gasteiger partial charge in [-0.2, -0.15) is 0 Å². The van der Waals surface area contributed by atoms with E-state index in [-0.39, 0.29) is 29.6 Å². The normalized spacial score (nSPS) is 13.1. The number of amides is 1. The van der Waals surface area contributed by atoms with Gasteiger partial charge in [-0.15, -0.1) is 11.3 Å². The molecule has 27 heavy (non-hydrogen) atoms. The van der Waals surface area contributed by atoms with Crippen molar-refractivity contribution in [2.45, 2.75) is 44.2 Å². The van der Waals surface area contributed by atoms with Crippen molar-refractivity contribution in [3.63, 3.8) is 0 Å². The van der Waals surface area contributed by atoms with Crippen LogP contribution in [-0.4, -0.2) is 39.2 Å². The molecule has 1 aliphatic carbocycles. The fourth-order valence-electron chi connectivity index (χ4n) is 2.74. The second-order valence-electron chi connectivity index (χ2n) is 5.97. The van der Waals surface area contributed by atoms with Gasteiger partial charge in [-0.1, -0.05) is 11.8 Å². The number of aromatic nitrogens is 3. The molecule has 0 fully saturated rings. The molecule has 1 aliphatic rings. The highest BCUT2D eigenvalue weighted by atomic mass is 32.2. The predicted molar refractivity (Wildman–Crippen MR) is 103 cm³/mol. The number of hydrogen-bond acceptors (Lipinski definition) is 8. The molecule has 0 saturated carbocycles. The molecule has 3 rings (SSSR count). The molecule has 2 N–H and O–H groups in total. The summed E-state index contributed by atoms with van der Waals surface area (Å²) in [6, 6.07) is 0. The standard InChI is InChI=1S/C17H20N4O4S2/c1-2-25-14(23)7-10-8-26-16(18-10)20-13(22)9-27-17-19-12-6-4-3-5-11(12)15(24)21-17/h8H,2-7,9H2,1H3,(H,18,20,22)(H,19,21,24). The molecule has 144 valence electrons. The van der Waals surface area contributed by atoms with Crippen molar-refractivity contribution in [3.8, 4) is 0 Å². The van der Waals surface area contributed by atoms with Gasteiger partial charge in [-0.3, -0.25) is 14.4 Å². The Kier molecular flexibility index (Phi) is 6.62. The molecule has 8 nitrogen and oxygen atoms in total. The van der Waals surface area contributed by atoms with E-state index < -0.39 is 0 Å².